The van der Waals surface area contributed by atoms with Gasteiger partial charge in [-0.1, -0.05) is 33.1 Å². The first-order valence-electron chi connectivity index (χ1n) is 9.83. The van der Waals surface area contributed by atoms with Crippen molar-refractivity contribution in [1.82, 2.24) is 0 Å². The molecule has 2 aromatic rings. The van der Waals surface area contributed by atoms with Crippen molar-refractivity contribution in [2.24, 2.45) is 5.92 Å². The summed E-state index contributed by atoms with van der Waals surface area (Å²) in [5.41, 5.74) is 1.85. The number of hydrogen-bond acceptors (Lipinski definition) is 5. The highest BCUT2D eigenvalue weighted by Crippen LogP contribution is 2.31. The first-order chi connectivity index (χ1) is 13.8. The highest BCUT2D eigenvalue weighted by Gasteiger charge is 2.18. The van der Waals surface area contributed by atoms with Crippen molar-refractivity contribution in [3.05, 3.63) is 59.2 Å². The van der Waals surface area contributed by atoms with Gasteiger partial charge in [0.2, 0.25) is 5.12 Å². The minimum Gasteiger partial charge on any atom is -0.508 e. The molecule has 0 aliphatic carbocycles. The minimum absolute atomic E-state index is 0.0176. The molecule has 0 amide bonds. The van der Waals surface area contributed by atoms with E-state index in [9.17, 15) is 15.0 Å². The summed E-state index contributed by atoms with van der Waals surface area (Å²) in [5, 5.41) is 19.7. The summed E-state index contributed by atoms with van der Waals surface area (Å²) in [6.07, 6.45) is 4.70. The van der Waals surface area contributed by atoms with Crippen molar-refractivity contribution in [2.75, 3.05) is 0 Å². The molecular formula is C23H28O4S2. The number of phenols is 2. The Labute approximate surface area is 183 Å². The van der Waals surface area contributed by atoms with E-state index in [2.05, 4.69) is 26.5 Å². The molecule has 0 aliphatic heterocycles. The quantitative estimate of drug-likeness (QED) is 0.237. The fourth-order valence-electron chi connectivity index (χ4n) is 3.10. The molecule has 1 unspecified atom stereocenters. The topological polar surface area (TPSA) is 66.8 Å². The number of hydrogen-bond donors (Lipinski definition) is 3. The molecule has 1 atom stereocenters. The van der Waals surface area contributed by atoms with Gasteiger partial charge < -0.3 is 14.9 Å². The van der Waals surface area contributed by atoms with E-state index in [-0.39, 0.29) is 22.7 Å². The van der Waals surface area contributed by atoms with Crippen LogP contribution in [0.2, 0.25) is 0 Å². The maximum atomic E-state index is 11.3. The number of carbonyl (C=O) groups is 1. The van der Waals surface area contributed by atoms with Crippen LogP contribution in [0.1, 0.15) is 73.5 Å². The molecule has 0 saturated heterocycles. The van der Waals surface area contributed by atoms with Gasteiger partial charge in [-0.3, -0.25) is 4.79 Å². The van der Waals surface area contributed by atoms with Crippen molar-refractivity contribution >= 4 is 35.0 Å². The highest BCUT2D eigenvalue weighted by atomic mass is 32.1. The fourth-order valence-corrected chi connectivity index (χ4v) is 3.50. The van der Waals surface area contributed by atoms with Gasteiger partial charge in [0.05, 0.1) is 0 Å². The smallest absolute Gasteiger partial charge is 0.216 e. The lowest BCUT2D eigenvalue weighted by Gasteiger charge is -2.21. The van der Waals surface area contributed by atoms with Gasteiger partial charge >= 0.3 is 0 Å². The molecule has 0 aliphatic rings. The summed E-state index contributed by atoms with van der Waals surface area (Å²) in [5.74, 6) is 0.650. The lowest BCUT2D eigenvalue weighted by molar-refractivity contribution is 0.109. The van der Waals surface area contributed by atoms with Crippen LogP contribution in [0.3, 0.4) is 0 Å². The SMILES string of the molecule is CC(C)CCCCCC(OC(=S)c1ccc(C(=O)S)cc1)c1cc(O)cc(O)c1. The van der Waals surface area contributed by atoms with Crippen molar-refractivity contribution in [1.29, 1.82) is 0 Å². The Morgan fingerprint density at radius 2 is 1.52 bits per heavy atom. The van der Waals surface area contributed by atoms with Crippen LogP contribution in [0.4, 0.5) is 0 Å². The average Bonchev–Trinajstić information content (AvgIpc) is 2.65. The highest BCUT2D eigenvalue weighted by molar-refractivity contribution is 7.97. The molecule has 2 aromatic carbocycles. The Hall–Kier alpha value is -2.05. The molecule has 0 fully saturated rings. The Morgan fingerprint density at radius 1 is 0.966 bits per heavy atom. The summed E-state index contributed by atoms with van der Waals surface area (Å²) < 4.78 is 6.07. The first kappa shape index (κ1) is 23.2. The van der Waals surface area contributed by atoms with Crippen LogP contribution in [0.15, 0.2) is 42.5 Å². The zero-order chi connectivity index (χ0) is 21.4. The summed E-state index contributed by atoms with van der Waals surface area (Å²) in [4.78, 5) is 11.3. The molecule has 0 bridgehead atoms. The van der Waals surface area contributed by atoms with E-state index in [4.69, 9.17) is 17.0 Å². The van der Waals surface area contributed by atoms with E-state index in [1.54, 1.807) is 36.4 Å². The third-order valence-electron chi connectivity index (χ3n) is 4.66. The van der Waals surface area contributed by atoms with Crippen LogP contribution in [-0.2, 0) is 4.74 Å². The third kappa shape index (κ3) is 7.71. The zero-order valence-corrected chi connectivity index (χ0v) is 18.5. The normalized spacial score (nSPS) is 12.0. The number of thiol groups is 1. The van der Waals surface area contributed by atoms with Gasteiger partial charge in [-0.25, -0.2) is 0 Å². The minimum atomic E-state index is -0.384. The largest absolute Gasteiger partial charge is 0.508 e. The van der Waals surface area contributed by atoms with Crippen LogP contribution in [0.5, 0.6) is 11.5 Å². The summed E-state index contributed by atoms with van der Waals surface area (Å²) >= 11 is 9.27. The van der Waals surface area contributed by atoms with E-state index < -0.39 is 0 Å². The maximum absolute atomic E-state index is 11.3. The fraction of sp³-hybridized carbons (Fsp3) is 0.391. The Morgan fingerprint density at radius 3 is 2.07 bits per heavy atom. The number of rotatable bonds is 10. The molecule has 0 saturated carbocycles. The second-order valence-corrected chi connectivity index (χ2v) is 8.37. The van der Waals surface area contributed by atoms with Gasteiger partial charge in [0, 0.05) is 17.2 Å². The van der Waals surface area contributed by atoms with Crippen molar-refractivity contribution < 1.29 is 19.7 Å². The number of benzene rings is 2. The molecule has 2 N–H and O–H groups in total. The molecule has 0 radical (unpaired) electrons. The summed E-state index contributed by atoms with van der Waals surface area (Å²) in [6, 6.07) is 11.2. The number of phenolic OH excluding ortho intramolecular Hbond substituents is 2. The standard InChI is InChI=1S/C23H28O4S2/c1-15(2)6-4-3-5-7-21(18-12-19(24)14-20(25)13-18)27-23(29)17-10-8-16(9-11-17)22(26)28/h8-15,21,24-25H,3-7H2,1-2H3,(H,26,28). The number of thiocarbonyl (C=S) groups is 1. The van der Waals surface area contributed by atoms with Crippen molar-refractivity contribution in [3.8, 4) is 11.5 Å². The third-order valence-corrected chi connectivity index (χ3v) is 5.25. The Bertz CT molecular complexity index is 811. The number of carbonyl (C=O) groups excluding carboxylic acids is 1. The first-order valence-corrected chi connectivity index (χ1v) is 10.7. The van der Waals surface area contributed by atoms with Crippen LogP contribution < -0.4 is 0 Å². The number of unbranched alkanes of at least 4 members (excludes halogenated alkanes) is 2. The van der Waals surface area contributed by atoms with Crippen LogP contribution >= 0.6 is 24.8 Å². The number of aromatic hydroxyl groups is 2. The van der Waals surface area contributed by atoms with Gasteiger partial charge in [0.15, 0.2) is 5.05 Å². The molecule has 29 heavy (non-hydrogen) atoms. The van der Waals surface area contributed by atoms with Gasteiger partial charge in [-0.15, -0.1) is 12.6 Å². The molecule has 2 rings (SSSR count). The van der Waals surface area contributed by atoms with Crippen LogP contribution in [0.25, 0.3) is 0 Å². The van der Waals surface area contributed by atoms with E-state index in [0.29, 0.717) is 34.1 Å². The Balaban J connectivity index is 2.11. The molecule has 0 heterocycles. The number of ether oxygens (including phenoxy) is 1. The second-order valence-electron chi connectivity index (χ2n) is 7.59. The average molecular weight is 433 g/mol. The zero-order valence-electron chi connectivity index (χ0n) is 16.8. The molecule has 6 heteroatoms. The van der Waals surface area contributed by atoms with E-state index in [1.807, 2.05) is 0 Å². The molecule has 156 valence electrons. The molecular weight excluding hydrogens is 404 g/mol. The van der Waals surface area contributed by atoms with Crippen LogP contribution in [-0.4, -0.2) is 20.4 Å². The predicted octanol–water partition coefficient (Wildman–Crippen LogP) is 6.21. The second kappa shape index (κ2) is 11.2. The lowest BCUT2D eigenvalue weighted by atomic mass is 9.99. The van der Waals surface area contributed by atoms with Crippen molar-refractivity contribution in [2.45, 2.75) is 52.1 Å². The van der Waals surface area contributed by atoms with E-state index in [0.717, 1.165) is 19.3 Å². The Kier molecular flexibility index (Phi) is 8.99. The van der Waals surface area contributed by atoms with Gasteiger partial charge in [-0.05, 0) is 72.9 Å². The van der Waals surface area contributed by atoms with E-state index in [1.165, 1.54) is 12.5 Å². The lowest BCUT2D eigenvalue weighted by Crippen LogP contribution is -2.11. The van der Waals surface area contributed by atoms with Gasteiger partial charge in [0.1, 0.15) is 17.6 Å². The molecule has 0 spiro atoms. The van der Waals surface area contributed by atoms with Gasteiger partial charge in [-0.2, -0.15) is 0 Å². The van der Waals surface area contributed by atoms with Crippen molar-refractivity contribution in [3.63, 3.8) is 0 Å². The maximum Gasteiger partial charge on any atom is 0.216 e. The molecule has 4 nitrogen and oxygen atoms in total. The summed E-state index contributed by atoms with van der Waals surface area (Å²) in [7, 11) is 0. The summed E-state index contributed by atoms with van der Waals surface area (Å²) in [6.45, 7) is 4.43. The van der Waals surface area contributed by atoms with Crippen LogP contribution in [0, 0.1) is 5.92 Å². The predicted molar refractivity (Wildman–Crippen MR) is 123 cm³/mol. The van der Waals surface area contributed by atoms with E-state index >= 15 is 0 Å². The monoisotopic (exact) mass is 432 g/mol. The van der Waals surface area contributed by atoms with Gasteiger partial charge in [0.25, 0.3) is 0 Å². The molecule has 0 aromatic heterocycles.